The molecule has 2 aromatic rings. The first-order valence-corrected chi connectivity index (χ1v) is 13.6. The fourth-order valence-corrected chi connectivity index (χ4v) is 6.56. The number of benzene rings is 2. The van der Waals surface area contributed by atoms with Crippen LogP contribution in [0.15, 0.2) is 57.9 Å². The second-order valence-electron chi connectivity index (χ2n) is 9.57. The van der Waals surface area contributed by atoms with E-state index in [9.17, 15) is 18.5 Å². The molecule has 1 amide bonds. The molecule has 1 fully saturated rings. The van der Waals surface area contributed by atoms with E-state index in [1.165, 1.54) is 0 Å². The zero-order valence-corrected chi connectivity index (χ0v) is 21.8. The predicted octanol–water partition coefficient (Wildman–Crippen LogP) is 5.67. The Hall–Kier alpha value is -2.17. The zero-order chi connectivity index (χ0) is 24.2. The molecule has 0 aliphatic heterocycles. The van der Waals surface area contributed by atoms with Crippen LogP contribution in [0, 0.1) is 29.6 Å². The molecule has 0 heterocycles. The summed E-state index contributed by atoms with van der Waals surface area (Å²) in [6.45, 7) is 6.43. The summed E-state index contributed by atoms with van der Waals surface area (Å²) >= 11 is 3.43. The number of nitriles is 1. The maximum absolute atomic E-state index is 13.7. The quantitative estimate of drug-likeness (QED) is 0.440. The van der Waals surface area contributed by atoms with Crippen LogP contribution in [0.2, 0.25) is 0 Å². The van der Waals surface area contributed by atoms with Crippen LogP contribution >= 0.6 is 15.9 Å². The standard InChI is InChI=1S/C26H31BrN2O3S/c1-19-7-13-22(14-8-19)33(31,32)24-6-4-5-23(24)25(30)29(16-15-26(2,3)18-28)17-20-9-11-21(27)12-10-20/h7-14,23-24H,4-6,15-17H2,1-3H3/t23-,24-/m1/s1. The number of hydrogen-bond acceptors (Lipinski definition) is 4. The Morgan fingerprint density at radius 3 is 2.36 bits per heavy atom. The van der Waals surface area contributed by atoms with E-state index < -0.39 is 26.4 Å². The average molecular weight is 532 g/mol. The molecule has 1 aliphatic carbocycles. The lowest BCUT2D eigenvalue weighted by Crippen LogP contribution is -2.42. The molecular formula is C26H31BrN2O3S. The number of carbonyl (C=O) groups excluding carboxylic acids is 1. The molecular weight excluding hydrogens is 500 g/mol. The molecule has 5 nitrogen and oxygen atoms in total. The first-order valence-electron chi connectivity index (χ1n) is 11.3. The second kappa shape index (κ2) is 10.4. The van der Waals surface area contributed by atoms with Gasteiger partial charge in [-0.25, -0.2) is 8.42 Å². The Morgan fingerprint density at radius 2 is 1.76 bits per heavy atom. The van der Waals surface area contributed by atoms with Gasteiger partial charge >= 0.3 is 0 Å². The normalized spacial score (nSPS) is 18.6. The summed E-state index contributed by atoms with van der Waals surface area (Å²) in [6.07, 6.45) is 2.28. The van der Waals surface area contributed by atoms with E-state index in [2.05, 4.69) is 22.0 Å². The molecule has 0 aromatic heterocycles. The third kappa shape index (κ3) is 6.24. The van der Waals surface area contributed by atoms with E-state index in [0.29, 0.717) is 38.8 Å². The van der Waals surface area contributed by atoms with Crippen LogP contribution in [0.4, 0.5) is 0 Å². The first kappa shape index (κ1) is 25.5. The van der Waals surface area contributed by atoms with E-state index >= 15 is 0 Å². The van der Waals surface area contributed by atoms with Crippen LogP contribution in [-0.4, -0.2) is 31.0 Å². The molecule has 0 unspecified atom stereocenters. The molecule has 0 bridgehead atoms. The van der Waals surface area contributed by atoms with Crippen LogP contribution in [-0.2, 0) is 21.2 Å². The van der Waals surface area contributed by atoms with Crippen molar-refractivity contribution in [2.45, 2.75) is 63.1 Å². The minimum atomic E-state index is -3.62. The number of carbonyl (C=O) groups is 1. The molecule has 33 heavy (non-hydrogen) atoms. The number of hydrogen-bond donors (Lipinski definition) is 0. The summed E-state index contributed by atoms with van der Waals surface area (Å²) in [6, 6.07) is 16.9. The van der Waals surface area contributed by atoms with Gasteiger partial charge in [0.05, 0.1) is 27.5 Å². The Balaban J connectivity index is 1.87. The smallest absolute Gasteiger partial charge is 0.227 e. The van der Waals surface area contributed by atoms with E-state index in [0.717, 1.165) is 15.6 Å². The van der Waals surface area contributed by atoms with Crippen molar-refractivity contribution in [2.24, 2.45) is 11.3 Å². The molecule has 3 rings (SSSR count). The van der Waals surface area contributed by atoms with Gasteiger partial charge in [0.15, 0.2) is 9.84 Å². The van der Waals surface area contributed by atoms with Gasteiger partial charge in [-0.3, -0.25) is 4.79 Å². The van der Waals surface area contributed by atoms with Crippen molar-refractivity contribution in [2.75, 3.05) is 6.54 Å². The highest BCUT2D eigenvalue weighted by atomic mass is 79.9. The fraction of sp³-hybridized carbons (Fsp3) is 0.462. The summed E-state index contributed by atoms with van der Waals surface area (Å²) < 4.78 is 27.8. The third-order valence-electron chi connectivity index (χ3n) is 6.43. The lowest BCUT2D eigenvalue weighted by atomic mass is 9.91. The fourth-order valence-electron chi connectivity index (χ4n) is 4.26. The number of aryl methyl sites for hydroxylation is 1. The van der Waals surface area contributed by atoms with E-state index in [1.54, 1.807) is 29.2 Å². The van der Waals surface area contributed by atoms with Crippen molar-refractivity contribution >= 4 is 31.7 Å². The number of rotatable bonds is 8. The zero-order valence-electron chi connectivity index (χ0n) is 19.4. The minimum Gasteiger partial charge on any atom is -0.338 e. The van der Waals surface area contributed by atoms with Crippen LogP contribution in [0.1, 0.15) is 50.7 Å². The van der Waals surface area contributed by atoms with E-state index in [1.807, 2.05) is 45.0 Å². The van der Waals surface area contributed by atoms with Gasteiger partial charge in [-0.05, 0) is 69.9 Å². The molecule has 0 spiro atoms. The van der Waals surface area contributed by atoms with E-state index in [-0.39, 0.29) is 10.8 Å². The van der Waals surface area contributed by atoms with Crippen molar-refractivity contribution in [3.8, 4) is 6.07 Å². The van der Waals surface area contributed by atoms with Gasteiger partial charge in [-0.2, -0.15) is 5.26 Å². The van der Waals surface area contributed by atoms with Gasteiger partial charge in [-0.1, -0.05) is 52.2 Å². The highest BCUT2D eigenvalue weighted by Gasteiger charge is 2.43. The molecule has 176 valence electrons. The Labute approximate surface area is 205 Å². The van der Waals surface area contributed by atoms with Crippen LogP contribution in [0.3, 0.4) is 0 Å². The Bertz CT molecular complexity index is 1120. The molecule has 0 N–H and O–H groups in total. The van der Waals surface area contributed by atoms with Gasteiger partial charge < -0.3 is 4.90 Å². The highest BCUT2D eigenvalue weighted by Crippen LogP contribution is 2.36. The summed E-state index contributed by atoms with van der Waals surface area (Å²) in [7, 11) is -3.62. The number of halogens is 1. The maximum Gasteiger partial charge on any atom is 0.227 e. The molecule has 7 heteroatoms. The van der Waals surface area contributed by atoms with Crippen LogP contribution < -0.4 is 0 Å². The third-order valence-corrected chi connectivity index (χ3v) is 9.24. The van der Waals surface area contributed by atoms with Gasteiger partial charge in [0, 0.05) is 17.6 Å². The van der Waals surface area contributed by atoms with Gasteiger partial charge in [0.25, 0.3) is 0 Å². The average Bonchev–Trinajstić information content (AvgIpc) is 3.29. The van der Waals surface area contributed by atoms with Gasteiger partial charge in [-0.15, -0.1) is 0 Å². The maximum atomic E-state index is 13.7. The van der Waals surface area contributed by atoms with Crippen molar-refractivity contribution in [1.82, 2.24) is 4.90 Å². The molecule has 1 aliphatic rings. The van der Waals surface area contributed by atoms with E-state index in [4.69, 9.17) is 0 Å². The van der Waals surface area contributed by atoms with Crippen molar-refractivity contribution in [1.29, 1.82) is 5.26 Å². The number of sulfone groups is 1. The lowest BCUT2D eigenvalue weighted by molar-refractivity contribution is -0.136. The minimum absolute atomic E-state index is 0.134. The van der Waals surface area contributed by atoms with Crippen LogP contribution in [0.5, 0.6) is 0 Å². The molecule has 0 radical (unpaired) electrons. The molecule has 2 atom stereocenters. The summed E-state index contributed by atoms with van der Waals surface area (Å²) in [5, 5.41) is 8.72. The highest BCUT2D eigenvalue weighted by molar-refractivity contribution is 9.10. The van der Waals surface area contributed by atoms with Crippen molar-refractivity contribution in [3.63, 3.8) is 0 Å². The Kier molecular flexibility index (Phi) is 8.02. The molecule has 2 aromatic carbocycles. The second-order valence-corrected chi connectivity index (χ2v) is 12.6. The number of amides is 1. The Morgan fingerprint density at radius 1 is 1.12 bits per heavy atom. The molecule has 0 saturated heterocycles. The van der Waals surface area contributed by atoms with Gasteiger partial charge in [0.2, 0.25) is 5.91 Å². The largest absolute Gasteiger partial charge is 0.338 e. The van der Waals surface area contributed by atoms with Crippen LogP contribution in [0.25, 0.3) is 0 Å². The van der Waals surface area contributed by atoms with Crippen molar-refractivity contribution in [3.05, 3.63) is 64.1 Å². The topological polar surface area (TPSA) is 78.2 Å². The SMILES string of the molecule is Cc1ccc(S(=O)(=O)[C@@H]2CCC[C@H]2C(=O)N(CCC(C)(C)C#N)Cc2ccc(Br)cc2)cc1. The first-order chi connectivity index (χ1) is 15.5. The summed E-state index contributed by atoms with van der Waals surface area (Å²) in [4.78, 5) is 15.8. The van der Waals surface area contributed by atoms with Gasteiger partial charge in [0.1, 0.15) is 0 Å². The number of nitrogens with zero attached hydrogens (tertiary/aromatic N) is 2. The summed E-state index contributed by atoms with van der Waals surface area (Å²) in [5.41, 5.74) is 1.40. The monoisotopic (exact) mass is 530 g/mol. The predicted molar refractivity (Wildman–Crippen MR) is 133 cm³/mol. The lowest BCUT2D eigenvalue weighted by Gasteiger charge is -2.30. The molecule has 1 saturated carbocycles. The summed E-state index contributed by atoms with van der Waals surface area (Å²) in [5.74, 6) is -0.707. The van der Waals surface area contributed by atoms with Crippen molar-refractivity contribution < 1.29 is 13.2 Å².